The Labute approximate surface area is 140 Å². The molecular formula is C19H19N5. The van der Waals surface area contributed by atoms with Crippen molar-refractivity contribution in [1.82, 2.24) is 24.6 Å². The van der Waals surface area contributed by atoms with Gasteiger partial charge in [0.25, 0.3) is 0 Å². The molecule has 0 amide bonds. The molecule has 0 aliphatic rings. The normalized spacial score (nSPS) is 11.2. The molecule has 5 nitrogen and oxygen atoms in total. The van der Waals surface area contributed by atoms with Gasteiger partial charge < -0.3 is 4.40 Å². The molecule has 0 unspecified atom stereocenters. The molecule has 0 aliphatic heterocycles. The smallest absolute Gasteiger partial charge is 0.151 e. The molecule has 3 heterocycles. The van der Waals surface area contributed by atoms with Gasteiger partial charge in [-0.25, -0.2) is 9.97 Å². The molecule has 0 aliphatic carbocycles. The number of hydrogen-bond donors (Lipinski definition) is 1. The average Bonchev–Trinajstić information content (AvgIpc) is 3.23. The summed E-state index contributed by atoms with van der Waals surface area (Å²) in [7, 11) is 0. The Kier molecular flexibility index (Phi) is 3.83. The quantitative estimate of drug-likeness (QED) is 0.615. The highest BCUT2D eigenvalue weighted by atomic mass is 15.2. The molecule has 5 heteroatoms. The second-order valence-electron chi connectivity index (χ2n) is 6.00. The topological polar surface area (TPSA) is 58.9 Å². The first kappa shape index (κ1) is 14.6. The van der Waals surface area contributed by atoms with Crippen molar-refractivity contribution in [1.29, 1.82) is 0 Å². The summed E-state index contributed by atoms with van der Waals surface area (Å²) >= 11 is 0. The molecule has 4 aromatic rings. The van der Waals surface area contributed by atoms with Gasteiger partial charge in [0.05, 0.1) is 0 Å². The van der Waals surface area contributed by atoms with E-state index in [4.69, 9.17) is 0 Å². The predicted molar refractivity (Wildman–Crippen MR) is 93.0 cm³/mol. The van der Waals surface area contributed by atoms with Gasteiger partial charge >= 0.3 is 0 Å². The summed E-state index contributed by atoms with van der Waals surface area (Å²) < 4.78 is 2.11. The van der Waals surface area contributed by atoms with Crippen LogP contribution >= 0.6 is 0 Å². The second-order valence-corrected chi connectivity index (χ2v) is 6.00. The van der Waals surface area contributed by atoms with E-state index in [0.717, 1.165) is 35.8 Å². The zero-order chi connectivity index (χ0) is 16.4. The van der Waals surface area contributed by atoms with Crippen molar-refractivity contribution < 1.29 is 0 Å². The first-order valence-electron chi connectivity index (χ1n) is 8.15. The van der Waals surface area contributed by atoms with E-state index in [2.05, 4.69) is 61.8 Å². The van der Waals surface area contributed by atoms with Crippen LogP contribution in [0.2, 0.25) is 0 Å². The Morgan fingerprint density at radius 3 is 2.79 bits per heavy atom. The lowest BCUT2D eigenvalue weighted by molar-refractivity contribution is 0.865. The number of hydrogen-bond acceptors (Lipinski definition) is 3. The van der Waals surface area contributed by atoms with Crippen LogP contribution in [0.4, 0.5) is 0 Å². The van der Waals surface area contributed by atoms with E-state index >= 15 is 0 Å². The number of benzene rings is 1. The number of H-pyrrole nitrogens is 1. The Hall–Kier alpha value is -2.95. The minimum absolute atomic E-state index is 0.697. The molecule has 0 spiro atoms. The van der Waals surface area contributed by atoms with Crippen LogP contribution < -0.4 is 0 Å². The number of nitrogens with one attached hydrogen (secondary N) is 1. The molecule has 120 valence electrons. The number of nitrogens with zero attached hydrogens (tertiary/aromatic N) is 4. The van der Waals surface area contributed by atoms with Crippen LogP contribution in [0.25, 0.3) is 5.65 Å². The van der Waals surface area contributed by atoms with Crippen LogP contribution in [0.5, 0.6) is 0 Å². The van der Waals surface area contributed by atoms with Crippen LogP contribution in [0, 0.1) is 6.92 Å². The Bertz CT molecular complexity index is 952. The van der Waals surface area contributed by atoms with Gasteiger partial charge in [-0.3, -0.25) is 5.10 Å². The van der Waals surface area contributed by atoms with E-state index < -0.39 is 0 Å². The predicted octanol–water partition coefficient (Wildman–Crippen LogP) is 3.14. The van der Waals surface area contributed by atoms with Gasteiger partial charge in [-0.15, -0.1) is 0 Å². The maximum absolute atomic E-state index is 4.62. The van der Waals surface area contributed by atoms with Gasteiger partial charge in [0.1, 0.15) is 11.5 Å². The van der Waals surface area contributed by atoms with E-state index in [-0.39, 0.29) is 0 Å². The fourth-order valence-electron chi connectivity index (χ4n) is 2.93. The average molecular weight is 317 g/mol. The highest BCUT2D eigenvalue weighted by molar-refractivity contribution is 5.48. The van der Waals surface area contributed by atoms with Crippen molar-refractivity contribution in [2.45, 2.75) is 26.2 Å². The lowest BCUT2D eigenvalue weighted by atomic mass is 10.1. The third kappa shape index (κ3) is 2.93. The van der Waals surface area contributed by atoms with E-state index in [1.165, 1.54) is 11.1 Å². The van der Waals surface area contributed by atoms with Crippen LogP contribution in [0.1, 0.15) is 28.5 Å². The Morgan fingerprint density at radius 1 is 1.04 bits per heavy atom. The molecule has 0 radical (unpaired) electrons. The lowest BCUT2D eigenvalue weighted by Crippen LogP contribution is -1.97. The van der Waals surface area contributed by atoms with Crippen LogP contribution in [0.3, 0.4) is 0 Å². The van der Waals surface area contributed by atoms with Gasteiger partial charge in [-0.2, -0.15) is 5.10 Å². The first-order valence-corrected chi connectivity index (χ1v) is 8.15. The van der Waals surface area contributed by atoms with Gasteiger partial charge in [-0.1, -0.05) is 36.4 Å². The zero-order valence-electron chi connectivity index (χ0n) is 13.6. The molecule has 0 bridgehead atoms. The molecule has 24 heavy (non-hydrogen) atoms. The summed E-state index contributed by atoms with van der Waals surface area (Å²) in [6, 6.07) is 14.5. The number of aromatic amines is 1. The summed E-state index contributed by atoms with van der Waals surface area (Å²) in [6.45, 7) is 2.07. The van der Waals surface area contributed by atoms with E-state index in [9.17, 15) is 0 Å². The highest BCUT2D eigenvalue weighted by Gasteiger charge is 2.09. The molecule has 1 N–H and O–H groups in total. The third-order valence-corrected chi connectivity index (χ3v) is 4.21. The highest BCUT2D eigenvalue weighted by Crippen LogP contribution is 2.13. The molecular weight excluding hydrogens is 298 g/mol. The number of pyridine rings is 1. The Balaban J connectivity index is 1.47. The van der Waals surface area contributed by atoms with Crippen molar-refractivity contribution in [2.24, 2.45) is 0 Å². The largest absolute Gasteiger partial charge is 0.303 e. The van der Waals surface area contributed by atoms with Gasteiger partial charge in [-0.05, 0) is 30.5 Å². The molecule has 4 rings (SSSR count). The van der Waals surface area contributed by atoms with Crippen molar-refractivity contribution >= 4 is 5.65 Å². The number of fused-ring (bicyclic) bond motifs is 1. The van der Waals surface area contributed by atoms with Gasteiger partial charge in [0.2, 0.25) is 0 Å². The van der Waals surface area contributed by atoms with Crippen LogP contribution in [-0.4, -0.2) is 24.6 Å². The summed E-state index contributed by atoms with van der Waals surface area (Å²) in [5.74, 6) is 1.74. The second kappa shape index (κ2) is 6.28. The van der Waals surface area contributed by atoms with Crippen LogP contribution in [0.15, 0.2) is 54.9 Å². The number of aromatic nitrogens is 5. The standard InChI is InChI=1S/C19H19N5/c1-14-6-5-11-24-16(13-20-19(14)24)12-18-21-17(22-23-18)10-9-15-7-3-2-4-8-15/h2-8,11,13H,9-10,12H2,1H3,(H,21,22,23). The van der Waals surface area contributed by atoms with Crippen molar-refractivity contribution in [3.63, 3.8) is 0 Å². The van der Waals surface area contributed by atoms with E-state index in [0.29, 0.717) is 6.42 Å². The monoisotopic (exact) mass is 317 g/mol. The fourth-order valence-corrected chi connectivity index (χ4v) is 2.93. The molecule has 0 atom stereocenters. The van der Waals surface area contributed by atoms with Crippen molar-refractivity contribution in [2.75, 3.05) is 0 Å². The van der Waals surface area contributed by atoms with Crippen molar-refractivity contribution in [3.05, 3.63) is 83.3 Å². The van der Waals surface area contributed by atoms with E-state index in [1.54, 1.807) is 0 Å². The molecule has 0 fully saturated rings. The molecule has 0 saturated carbocycles. The minimum Gasteiger partial charge on any atom is -0.303 e. The summed E-state index contributed by atoms with van der Waals surface area (Å²) in [6.07, 6.45) is 6.44. The first-order chi connectivity index (χ1) is 11.8. The fraction of sp³-hybridized carbons (Fsp3) is 0.211. The zero-order valence-corrected chi connectivity index (χ0v) is 13.6. The maximum Gasteiger partial charge on any atom is 0.151 e. The molecule has 1 aromatic carbocycles. The SMILES string of the molecule is Cc1cccn2c(Cc3nc(CCc4ccccc4)n[nH]3)cnc12. The Morgan fingerprint density at radius 2 is 1.92 bits per heavy atom. The lowest BCUT2D eigenvalue weighted by Gasteiger charge is -2.01. The number of rotatable bonds is 5. The van der Waals surface area contributed by atoms with Crippen LogP contribution in [-0.2, 0) is 19.3 Å². The van der Waals surface area contributed by atoms with Gasteiger partial charge in [0, 0.05) is 30.9 Å². The van der Waals surface area contributed by atoms with Gasteiger partial charge in [0.15, 0.2) is 5.82 Å². The van der Waals surface area contributed by atoms with Crippen molar-refractivity contribution in [3.8, 4) is 0 Å². The summed E-state index contributed by atoms with van der Waals surface area (Å²) in [5.41, 5.74) is 4.58. The maximum atomic E-state index is 4.62. The summed E-state index contributed by atoms with van der Waals surface area (Å²) in [4.78, 5) is 9.12. The van der Waals surface area contributed by atoms with E-state index in [1.807, 2.05) is 24.5 Å². The molecule has 0 saturated heterocycles. The number of aryl methyl sites for hydroxylation is 3. The molecule has 3 aromatic heterocycles. The minimum atomic E-state index is 0.697. The summed E-state index contributed by atoms with van der Waals surface area (Å²) in [5, 5.41) is 7.40. The third-order valence-electron chi connectivity index (χ3n) is 4.21. The number of imidazole rings is 1.